The van der Waals surface area contributed by atoms with Crippen molar-refractivity contribution in [1.29, 1.82) is 5.26 Å². The fraction of sp³-hybridized carbons (Fsp3) is 0.200. The molecule has 2 aromatic carbocycles. The molecule has 1 aliphatic rings. The predicted octanol–water partition coefficient (Wildman–Crippen LogP) is 1.34. The van der Waals surface area contributed by atoms with Gasteiger partial charge in [-0.3, -0.25) is 9.69 Å². The van der Waals surface area contributed by atoms with Gasteiger partial charge >= 0.3 is 17.9 Å². The Bertz CT molecular complexity index is 1480. The maximum absolute atomic E-state index is 13.1. The first-order valence-electron chi connectivity index (χ1n) is 11.0. The van der Waals surface area contributed by atoms with Crippen molar-refractivity contribution in [2.75, 3.05) is 19.1 Å². The van der Waals surface area contributed by atoms with Gasteiger partial charge in [-0.15, -0.1) is 0 Å². The second-order valence-electron chi connectivity index (χ2n) is 8.01. The molecule has 0 bridgehead atoms. The number of hydrogen-bond donors (Lipinski definition) is 3. The van der Waals surface area contributed by atoms with Gasteiger partial charge in [0.1, 0.15) is 17.6 Å². The maximum Gasteiger partial charge on any atom is 0.355 e. The largest absolute Gasteiger partial charge is 0.480 e. The second kappa shape index (κ2) is 11.2. The first-order chi connectivity index (χ1) is 18.0. The lowest BCUT2D eigenvalue weighted by Crippen LogP contribution is -2.41. The standard InChI is InChI=1S/C25H24N4O8S/c1-14(23(30)31)28-38(34,35)17-11-9-16(10-12-17)29-21(25(33)37-3)20(24(32)36-2)19(18(13-26)22(29)27)15-7-5-4-6-8-15/h4-12,14,19,28H,27H2,1-3H3,(H,30,31). The van der Waals surface area contributed by atoms with Gasteiger partial charge in [0.05, 0.1) is 42.2 Å². The van der Waals surface area contributed by atoms with Crippen LogP contribution in [0.1, 0.15) is 18.4 Å². The molecule has 12 nitrogen and oxygen atoms in total. The number of anilines is 1. The van der Waals surface area contributed by atoms with E-state index in [0.29, 0.717) is 5.56 Å². The molecule has 0 aliphatic carbocycles. The summed E-state index contributed by atoms with van der Waals surface area (Å²) in [4.78, 5) is 38.0. The lowest BCUT2D eigenvalue weighted by atomic mass is 9.81. The van der Waals surface area contributed by atoms with Crippen LogP contribution in [0.15, 0.2) is 82.2 Å². The molecule has 4 N–H and O–H groups in total. The number of nitrogens with one attached hydrogen (secondary N) is 1. The molecule has 2 unspecified atom stereocenters. The van der Waals surface area contributed by atoms with Crippen LogP contribution in [0.3, 0.4) is 0 Å². The summed E-state index contributed by atoms with van der Waals surface area (Å²) in [6.45, 7) is 1.17. The van der Waals surface area contributed by atoms with Crippen LogP contribution in [0.4, 0.5) is 5.69 Å². The number of esters is 2. The third kappa shape index (κ3) is 5.22. The summed E-state index contributed by atoms with van der Waals surface area (Å²) in [7, 11) is -1.99. The molecule has 0 fully saturated rings. The normalized spacial score (nSPS) is 16.5. The average Bonchev–Trinajstić information content (AvgIpc) is 2.91. The number of ether oxygens (including phenoxy) is 2. The third-order valence-electron chi connectivity index (χ3n) is 5.72. The monoisotopic (exact) mass is 540 g/mol. The number of hydrogen-bond acceptors (Lipinski definition) is 10. The average molecular weight is 541 g/mol. The van der Waals surface area contributed by atoms with E-state index >= 15 is 0 Å². The number of carbonyl (C=O) groups is 3. The zero-order chi connectivity index (χ0) is 28.2. The summed E-state index contributed by atoms with van der Waals surface area (Å²) in [5, 5.41) is 19.1. The van der Waals surface area contributed by atoms with E-state index in [-0.39, 0.29) is 33.2 Å². The molecule has 0 aromatic heterocycles. The van der Waals surface area contributed by atoms with E-state index in [1.54, 1.807) is 30.3 Å². The summed E-state index contributed by atoms with van der Waals surface area (Å²) in [5.74, 6) is -4.48. The summed E-state index contributed by atoms with van der Waals surface area (Å²) in [5.41, 5.74) is 6.43. The van der Waals surface area contributed by atoms with E-state index in [2.05, 4.69) is 0 Å². The van der Waals surface area contributed by atoms with E-state index in [0.717, 1.165) is 31.3 Å². The van der Waals surface area contributed by atoms with Crippen molar-refractivity contribution < 1.29 is 37.4 Å². The van der Waals surface area contributed by atoms with Crippen molar-refractivity contribution in [2.45, 2.75) is 23.8 Å². The molecule has 198 valence electrons. The van der Waals surface area contributed by atoms with E-state index < -0.39 is 39.9 Å². The second-order valence-corrected chi connectivity index (χ2v) is 9.72. The van der Waals surface area contributed by atoms with Crippen molar-refractivity contribution >= 4 is 33.6 Å². The van der Waals surface area contributed by atoms with E-state index in [9.17, 15) is 28.1 Å². The number of benzene rings is 2. The van der Waals surface area contributed by atoms with Crippen LogP contribution in [0.25, 0.3) is 0 Å². The van der Waals surface area contributed by atoms with Crippen LogP contribution in [-0.2, 0) is 33.9 Å². The SMILES string of the molecule is COC(=O)C1=C(C(=O)OC)N(c2ccc(S(=O)(=O)NC(C)C(=O)O)cc2)C(N)=C(C#N)C1c1ccccc1. The summed E-state index contributed by atoms with van der Waals surface area (Å²) >= 11 is 0. The molecule has 1 heterocycles. The molecule has 2 aromatic rings. The van der Waals surface area contributed by atoms with Crippen molar-refractivity contribution in [3.05, 3.63) is 82.8 Å². The number of nitrogens with two attached hydrogens (primary N) is 1. The van der Waals surface area contributed by atoms with Crippen molar-refractivity contribution in [2.24, 2.45) is 5.73 Å². The fourth-order valence-corrected chi connectivity index (χ4v) is 5.10. The maximum atomic E-state index is 13.1. The van der Waals surface area contributed by atoms with E-state index in [1.807, 2.05) is 10.8 Å². The highest BCUT2D eigenvalue weighted by molar-refractivity contribution is 7.89. The van der Waals surface area contributed by atoms with Gasteiger partial charge in [0.15, 0.2) is 0 Å². The van der Waals surface area contributed by atoms with Crippen LogP contribution < -0.4 is 15.4 Å². The summed E-state index contributed by atoms with van der Waals surface area (Å²) in [6.07, 6.45) is 0. The first-order valence-corrected chi connectivity index (χ1v) is 12.5. The number of carbonyl (C=O) groups excluding carboxylic acids is 2. The quantitative estimate of drug-likeness (QED) is 0.410. The van der Waals surface area contributed by atoms with E-state index in [4.69, 9.17) is 20.3 Å². The van der Waals surface area contributed by atoms with Gasteiger partial charge in [-0.1, -0.05) is 30.3 Å². The molecular weight excluding hydrogens is 516 g/mol. The molecule has 0 saturated carbocycles. The molecule has 0 spiro atoms. The Morgan fingerprint density at radius 2 is 1.63 bits per heavy atom. The van der Waals surface area contributed by atoms with Crippen molar-refractivity contribution in [1.82, 2.24) is 4.72 Å². The van der Waals surface area contributed by atoms with Crippen molar-refractivity contribution in [3.63, 3.8) is 0 Å². The Kier molecular flexibility index (Phi) is 8.20. The molecule has 0 radical (unpaired) electrons. The first kappa shape index (κ1) is 27.9. The molecule has 3 rings (SSSR count). The minimum atomic E-state index is -4.21. The number of sulfonamides is 1. The molecule has 1 aliphatic heterocycles. The Labute approximate surface area is 218 Å². The smallest absolute Gasteiger partial charge is 0.355 e. The van der Waals surface area contributed by atoms with Gasteiger partial charge < -0.3 is 20.3 Å². The number of rotatable bonds is 8. The summed E-state index contributed by atoms with van der Waals surface area (Å²) in [6, 6.07) is 13.9. The fourth-order valence-electron chi connectivity index (χ4n) is 3.91. The number of nitrogens with zero attached hydrogens (tertiary/aromatic N) is 2. The molecule has 13 heteroatoms. The highest BCUT2D eigenvalue weighted by Gasteiger charge is 2.43. The molecule has 38 heavy (non-hydrogen) atoms. The van der Waals surface area contributed by atoms with Gasteiger partial charge in [-0.25, -0.2) is 18.0 Å². The zero-order valence-corrected chi connectivity index (χ0v) is 21.4. The number of carboxylic acid groups (broad SMARTS) is 1. The Morgan fingerprint density at radius 3 is 2.13 bits per heavy atom. The lowest BCUT2D eigenvalue weighted by molar-refractivity contribution is -0.139. The van der Waals surface area contributed by atoms with Gasteiger partial charge in [0.2, 0.25) is 10.0 Å². The number of allylic oxidation sites excluding steroid dienone is 1. The van der Waals surface area contributed by atoms with Gasteiger partial charge in [-0.05, 0) is 36.8 Å². The number of carboxylic acids is 1. The highest BCUT2D eigenvalue weighted by atomic mass is 32.2. The van der Waals surface area contributed by atoms with Crippen molar-refractivity contribution in [3.8, 4) is 6.07 Å². The predicted molar refractivity (Wildman–Crippen MR) is 133 cm³/mol. The van der Waals surface area contributed by atoms with E-state index in [1.165, 1.54) is 19.1 Å². The Morgan fingerprint density at radius 1 is 1.05 bits per heavy atom. The van der Waals surface area contributed by atoms with Crippen LogP contribution in [0, 0.1) is 11.3 Å². The van der Waals surface area contributed by atoms with Gasteiger partial charge in [0, 0.05) is 5.69 Å². The van der Waals surface area contributed by atoms with Crippen LogP contribution in [0.5, 0.6) is 0 Å². The van der Waals surface area contributed by atoms with Gasteiger partial charge in [0.25, 0.3) is 0 Å². The van der Waals surface area contributed by atoms with Crippen LogP contribution in [0.2, 0.25) is 0 Å². The number of nitriles is 1. The topological polar surface area (TPSA) is 189 Å². The Hall–Kier alpha value is -4.67. The van der Waals surface area contributed by atoms with Gasteiger partial charge in [-0.2, -0.15) is 9.98 Å². The third-order valence-corrected chi connectivity index (χ3v) is 7.27. The minimum absolute atomic E-state index is 0.0575. The van der Waals surface area contributed by atoms with Crippen LogP contribution >= 0.6 is 0 Å². The Balaban J connectivity index is 2.24. The molecule has 0 amide bonds. The zero-order valence-electron chi connectivity index (χ0n) is 20.5. The number of methoxy groups -OCH3 is 2. The highest BCUT2D eigenvalue weighted by Crippen LogP contribution is 2.43. The minimum Gasteiger partial charge on any atom is -0.480 e. The molecular formula is C25H24N4O8S. The lowest BCUT2D eigenvalue weighted by Gasteiger charge is -2.35. The molecule has 2 atom stereocenters. The van der Waals surface area contributed by atoms with Crippen LogP contribution in [-0.4, -0.2) is 51.7 Å². The number of aliphatic carboxylic acids is 1. The summed E-state index contributed by atoms with van der Waals surface area (Å²) < 4.78 is 37.1. The molecule has 0 saturated heterocycles.